The number of amides is 1. The molecule has 3 rings (SSSR count). The highest BCUT2D eigenvalue weighted by Crippen LogP contribution is 2.33. The van der Waals surface area contributed by atoms with Crippen LogP contribution in [0.3, 0.4) is 0 Å². The maximum Gasteiger partial charge on any atom is 0.220 e. The van der Waals surface area contributed by atoms with E-state index in [0.717, 1.165) is 89.9 Å². The van der Waals surface area contributed by atoms with Gasteiger partial charge in [-0.3, -0.25) is 4.79 Å². The molecule has 0 aromatic heterocycles. The van der Waals surface area contributed by atoms with Crippen LogP contribution in [0.4, 0.5) is 0 Å². The predicted molar refractivity (Wildman–Crippen MR) is 323 cm³/mol. The third-order valence-corrected chi connectivity index (χ3v) is 15.8. The van der Waals surface area contributed by atoms with E-state index in [1.165, 1.54) is 83.5 Å². The maximum absolute atomic E-state index is 13.4. The van der Waals surface area contributed by atoms with E-state index in [2.05, 4.69) is 79.9 Å². The summed E-state index contributed by atoms with van der Waals surface area (Å²) in [5, 5.41) is 120. The van der Waals surface area contributed by atoms with Crippen LogP contribution in [-0.2, 0) is 33.2 Å². The summed E-state index contributed by atoms with van der Waals surface area (Å²) >= 11 is 0. The topological polar surface area (TPSA) is 307 Å². The zero-order chi connectivity index (χ0) is 61.2. The van der Waals surface area contributed by atoms with Crippen molar-refractivity contribution in [2.75, 3.05) is 26.4 Å². The summed E-state index contributed by atoms with van der Waals surface area (Å²) in [7, 11) is 0. The lowest BCUT2D eigenvalue weighted by Crippen LogP contribution is -2.66. The number of carbonyl (C=O) groups is 1. The lowest BCUT2D eigenvalue weighted by atomic mass is 9.96. The number of allylic oxidation sites excluding steroid dienone is 11. The molecule has 0 spiro atoms. The third kappa shape index (κ3) is 30.0. The summed E-state index contributed by atoms with van der Waals surface area (Å²) in [5.41, 5.74) is 0. The molecule has 0 aromatic carbocycles. The maximum atomic E-state index is 13.4. The van der Waals surface area contributed by atoms with Gasteiger partial charge in [0.1, 0.15) is 73.2 Å². The van der Waals surface area contributed by atoms with Crippen molar-refractivity contribution in [3.63, 3.8) is 0 Å². The lowest BCUT2D eigenvalue weighted by Gasteiger charge is -2.48. The minimum atomic E-state index is -1.98. The molecule has 12 N–H and O–H groups in total. The highest BCUT2D eigenvalue weighted by molar-refractivity contribution is 5.76. The summed E-state index contributed by atoms with van der Waals surface area (Å²) in [6.45, 7) is 1.59. The van der Waals surface area contributed by atoms with Crippen LogP contribution in [0.25, 0.3) is 0 Å². The van der Waals surface area contributed by atoms with Crippen molar-refractivity contribution in [2.24, 2.45) is 0 Å². The van der Waals surface area contributed by atoms with Gasteiger partial charge in [-0.05, 0) is 64.2 Å². The number of nitrogens with one attached hydrogen (secondary N) is 1. The fourth-order valence-corrected chi connectivity index (χ4v) is 10.5. The van der Waals surface area contributed by atoms with Gasteiger partial charge >= 0.3 is 0 Å². The number of rotatable bonds is 47. The van der Waals surface area contributed by atoms with Crippen molar-refractivity contribution >= 4 is 5.91 Å². The number of aliphatic hydroxyl groups is 11. The first-order chi connectivity index (χ1) is 40.8. The van der Waals surface area contributed by atoms with E-state index in [-0.39, 0.29) is 18.9 Å². The number of hydrogen-bond donors (Lipinski definition) is 12. The smallest absolute Gasteiger partial charge is 0.220 e. The Morgan fingerprint density at radius 3 is 1.29 bits per heavy atom. The van der Waals surface area contributed by atoms with Gasteiger partial charge in [0.2, 0.25) is 5.91 Å². The monoisotopic (exact) mass is 1200 g/mol. The molecule has 19 heteroatoms. The fourth-order valence-electron chi connectivity index (χ4n) is 10.5. The summed E-state index contributed by atoms with van der Waals surface area (Å²) in [6.07, 6.45) is 30.1. The highest BCUT2D eigenvalue weighted by Gasteiger charge is 2.53. The Hall–Kier alpha value is -2.77. The van der Waals surface area contributed by atoms with Crippen molar-refractivity contribution in [3.05, 3.63) is 72.9 Å². The highest BCUT2D eigenvalue weighted by atomic mass is 16.8. The van der Waals surface area contributed by atoms with Gasteiger partial charge in [-0.1, -0.05) is 202 Å². The third-order valence-electron chi connectivity index (χ3n) is 15.8. The van der Waals surface area contributed by atoms with Gasteiger partial charge in [0, 0.05) is 6.42 Å². The molecule has 0 aliphatic carbocycles. The molecular weight excluding hydrogens is 1080 g/mol. The molecule has 3 aliphatic heterocycles. The molecule has 3 aliphatic rings. The van der Waals surface area contributed by atoms with Gasteiger partial charge < -0.3 is 89.9 Å². The molecule has 19 nitrogen and oxygen atoms in total. The molecule has 17 unspecified atom stereocenters. The van der Waals surface area contributed by atoms with Gasteiger partial charge in [-0.2, -0.15) is 0 Å². The zero-order valence-corrected chi connectivity index (χ0v) is 50.9. The standard InChI is InChI=1S/C65H113NO18/c1-3-5-7-9-11-13-15-17-19-20-21-22-23-24-25-26-27-28-29-31-33-35-37-39-41-43-53(71)66-48(49(70)42-40-38-36-34-32-30-18-16-14-12-10-8-6-4-2)47-79-63-59(77)56(74)61(51(45-68)81-63)84-65-60(78)57(75)62(52(46-69)82-65)83-64-58(76)55(73)54(72)50(44-67)80-64/h5,7,11,13,17,19,21-22,24-25,40,42,48-52,54-65,67-70,72-78H,3-4,6,8-10,12,14-16,18,20,23,26-39,41,43-47H2,1-2H3,(H,66,71)/b7-5-,13-11-,19-17-,22-21-,25-24-,42-40+. The molecular formula is C65H113NO18. The number of aliphatic hydroxyl groups excluding tert-OH is 11. The number of hydrogen-bond acceptors (Lipinski definition) is 18. The molecule has 0 saturated carbocycles. The van der Waals surface area contributed by atoms with E-state index in [1.54, 1.807) is 6.08 Å². The van der Waals surface area contributed by atoms with E-state index in [4.69, 9.17) is 28.4 Å². The average molecular weight is 1200 g/mol. The Kier molecular flexibility index (Phi) is 42.5. The molecule has 0 radical (unpaired) electrons. The Bertz CT molecular complexity index is 1810. The first kappa shape index (κ1) is 75.5. The van der Waals surface area contributed by atoms with E-state index in [1.807, 2.05) is 6.08 Å². The molecule has 3 saturated heterocycles. The molecule has 486 valence electrons. The molecule has 3 heterocycles. The SMILES string of the molecule is CC/C=C\C/C=C\C/C=C\C/C=C\C/C=C\CCCCCCCCCCCC(=O)NC(COC1OC(CO)C(OC2OC(CO)C(OC3OC(CO)C(O)C(O)C3O)C(O)C2O)C(O)C1O)C(O)/C=C/CCCCCCCCCCCCCC. The zero-order valence-electron chi connectivity index (χ0n) is 50.9. The molecule has 3 fully saturated rings. The summed E-state index contributed by atoms with van der Waals surface area (Å²) < 4.78 is 34.3. The van der Waals surface area contributed by atoms with Crippen LogP contribution in [0.5, 0.6) is 0 Å². The first-order valence-electron chi connectivity index (χ1n) is 32.2. The van der Waals surface area contributed by atoms with Crippen LogP contribution in [0.2, 0.25) is 0 Å². The molecule has 84 heavy (non-hydrogen) atoms. The van der Waals surface area contributed by atoms with Crippen molar-refractivity contribution in [1.29, 1.82) is 0 Å². The quantitative estimate of drug-likeness (QED) is 0.0216. The van der Waals surface area contributed by atoms with Crippen LogP contribution in [0.1, 0.15) is 200 Å². The Labute approximate surface area is 502 Å². The molecule has 17 atom stereocenters. The van der Waals surface area contributed by atoms with Crippen LogP contribution in [0.15, 0.2) is 72.9 Å². The Morgan fingerprint density at radius 1 is 0.440 bits per heavy atom. The van der Waals surface area contributed by atoms with Gasteiger partial charge in [-0.25, -0.2) is 0 Å². The summed E-state index contributed by atoms with van der Waals surface area (Å²) in [6, 6.07) is -0.980. The lowest BCUT2D eigenvalue weighted by molar-refractivity contribution is -0.379. The van der Waals surface area contributed by atoms with E-state index in [0.29, 0.717) is 6.42 Å². The van der Waals surface area contributed by atoms with Gasteiger partial charge in [-0.15, -0.1) is 0 Å². The number of ether oxygens (including phenoxy) is 6. The average Bonchev–Trinajstić information content (AvgIpc) is 3.68. The van der Waals surface area contributed by atoms with Crippen molar-refractivity contribution in [2.45, 2.75) is 304 Å². The summed E-state index contributed by atoms with van der Waals surface area (Å²) in [5.74, 6) is -0.286. The van der Waals surface area contributed by atoms with E-state index < -0.39 is 124 Å². The predicted octanol–water partition coefficient (Wildman–Crippen LogP) is 6.99. The summed E-state index contributed by atoms with van der Waals surface area (Å²) in [4.78, 5) is 13.4. The van der Waals surface area contributed by atoms with Crippen LogP contribution < -0.4 is 5.32 Å². The Morgan fingerprint density at radius 2 is 0.821 bits per heavy atom. The Balaban J connectivity index is 1.45. The van der Waals surface area contributed by atoms with E-state index in [9.17, 15) is 61.0 Å². The van der Waals surface area contributed by atoms with Crippen molar-refractivity contribution in [3.8, 4) is 0 Å². The second-order valence-electron chi connectivity index (χ2n) is 22.8. The largest absolute Gasteiger partial charge is 0.394 e. The van der Waals surface area contributed by atoms with Crippen molar-refractivity contribution < 1.29 is 89.4 Å². The molecule has 0 aromatic rings. The normalized spacial score (nSPS) is 29.7. The molecule has 1 amide bonds. The first-order valence-corrected chi connectivity index (χ1v) is 32.2. The minimum Gasteiger partial charge on any atom is -0.394 e. The molecule has 0 bridgehead atoms. The fraction of sp³-hybridized carbons (Fsp3) is 0.800. The van der Waals surface area contributed by atoms with Crippen molar-refractivity contribution in [1.82, 2.24) is 5.32 Å². The second kappa shape index (κ2) is 47.3. The number of carbonyl (C=O) groups excluding carboxylic acids is 1. The van der Waals surface area contributed by atoms with Crippen LogP contribution >= 0.6 is 0 Å². The van der Waals surface area contributed by atoms with E-state index >= 15 is 0 Å². The second-order valence-corrected chi connectivity index (χ2v) is 22.8. The number of unbranched alkanes of at least 4 members (excludes halogenated alkanes) is 21. The van der Waals surface area contributed by atoms with Gasteiger partial charge in [0.25, 0.3) is 0 Å². The minimum absolute atomic E-state index is 0.232. The van der Waals surface area contributed by atoms with Crippen LogP contribution in [-0.4, -0.2) is 193 Å². The van der Waals surface area contributed by atoms with Crippen LogP contribution in [0, 0.1) is 0 Å². The van der Waals surface area contributed by atoms with Gasteiger partial charge in [0.05, 0.1) is 38.6 Å². The van der Waals surface area contributed by atoms with Gasteiger partial charge in [0.15, 0.2) is 18.9 Å².